The van der Waals surface area contributed by atoms with Crippen LogP contribution in [-0.2, 0) is 6.42 Å². The Bertz CT molecular complexity index is 622. The third-order valence-corrected chi connectivity index (χ3v) is 6.00. The number of hydrogen-bond acceptors (Lipinski definition) is 4. The van der Waals surface area contributed by atoms with Crippen molar-refractivity contribution in [2.75, 3.05) is 18.0 Å². The third kappa shape index (κ3) is 2.47. The van der Waals surface area contributed by atoms with E-state index < -0.39 is 0 Å². The number of hydrogen-bond donors (Lipinski definition) is 1. The van der Waals surface area contributed by atoms with E-state index in [1.807, 2.05) is 11.3 Å². The monoisotopic (exact) mass is 299 g/mol. The zero-order valence-corrected chi connectivity index (χ0v) is 13.0. The van der Waals surface area contributed by atoms with Crippen LogP contribution in [0.4, 0.5) is 5.13 Å². The standard InChI is InChI=1S/C17H21N3S/c18-14-7-4-8-15-16(14)21-17(19-15)20-10-9-13(11-20)12-5-2-1-3-6-12/h1-3,5-6,13-14H,4,7-11,18H2. The van der Waals surface area contributed by atoms with Crippen molar-refractivity contribution < 1.29 is 0 Å². The lowest BCUT2D eigenvalue weighted by molar-refractivity contribution is 0.573. The summed E-state index contributed by atoms with van der Waals surface area (Å²) in [5, 5.41) is 1.19. The summed E-state index contributed by atoms with van der Waals surface area (Å²) in [4.78, 5) is 8.66. The summed E-state index contributed by atoms with van der Waals surface area (Å²) in [6, 6.07) is 11.1. The van der Waals surface area contributed by atoms with Crippen LogP contribution < -0.4 is 10.6 Å². The molecule has 0 radical (unpaired) electrons. The van der Waals surface area contributed by atoms with E-state index >= 15 is 0 Å². The Morgan fingerprint density at radius 3 is 2.86 bits per heavy atom. The fraction of sp³-hybridized carbons (Fsp3) is 0.471. The van der Waals surface area contributed by atoms with Gasteiger partial charge in [-0.25, -0.2) is 4.98 Å². The van der Waals surface area contributed by atoms with Gasteiger partial charge in [-0.1, -0.05) is 41.7 Å². The van der Waals surface area contributed by atoms with E-state index in [4.69, 9.17) is 10.7 Å². The minimum Gasteiger partial charge on any atom is -0.347 e. The van der Waals surface area contributed by atoms with Gasteiger partial charge < -0.3 is 10.6 Å². The molecule has 1 fully saturated rings. The third-order valence-electron chi connectivity index (χ3n) is 4.71. The first kappa shape index (κ1) is 13.3. The van der Waals surface area contributed by atoms with E-state index in [1.165, 1.54) is 34.1 Å². The Morgan fingerprint density at radius 2 is 2.05 bits per heavy atom. The number of fused-ring (bicyclic) bond motifs is 1. The topological polar surface area (TPSA) is 42.1 Å². The summed E-state index contributed by atoms with van der Waals surface area (Å²) >= 11 is 1.83. The molecule has 0 spiro atoms. The molecule has 4 heteroatoms. The molecule has 0 bridgehead atoms. The van der Waals surface area contributed by atoms with Gasteiger partial charge in [-0.15, -0.1) is 0 Å². The first-order chi connectivity index (χ1) is 10.3. The molecule has 3 nitrogen and oxygen atoms in total. The Kier molecular flexibility index (Phi) is 3.43. The lowest BCUT2D eigenvalue weighted by Crippen LogP contribution is -2.19. The van der Waals surface area contributed by atoms with Crippen LogP contribution in [0.25, 0.3) is 0 Å². The summed E-state index contributed by atoms with van der Waals surface area (Å²) in [6.45, 7) is 2.20. The van der Waals surface area contributed by atoms with Crippen LogP contribution in [-0.4, -0.2) is 18.1 Å². The molecule has 110 valence electrons. The predicted octanol–water partition coefficient (Wildman–Crippen LogP) is 3.47. The Balaban J connectivity index is 1.53. The number of benzene rings is 1. The number of anilines is 1. The fourth-order valence-corrected chi connectivity index (χ4v) is 4.69. The van der Waals surface area contributed by atoms with Crippen molar-refractivity contribution in [3.8, 4) is 0 Å². The second-order valence-electron chi connectivity index (χ2n) is 6.15. The first-order valence-corrected chi connectivity index (χ1v) is 8.68. The minimum absolute atomic E-state index is 0.215. The van der Waals surface area contributed by atoms with E-state index in [0.29, 0.717) is 5.92 Å². The number of aryl methyl sites for hydroxylation is 1. The molecule has 2 atom stereocenters. The van der Waals surface area contributed by atoms with Crippen molar-refractivity contribution in [3.05, 3.63) is 46.5 Å². The molecule has 1 aromatic heterocycles. The predicted molar refractivity (Wildman–Crippen MR) is 88.0 cm³/mol. The second kappa shape index (κ2) is 5.43. The smallest absolute Gasteiger partial charge is 0.185 e. The Morgan fingerprint density at radius 1 is 1.19 bits per heavy atom. The lowest BCUT2D eigenvalue weighted by atomic mass is 9.99. The zero-order valence-electron chi connectivity index (χ0n) is 12.2. The number of nitrogens with zero attached hydrogens (tertiary/aromatic N) is 2. The molecule has 0 saturated carbocycles. The average Bonchev–Trinajstić information content (AvgIpc) is 3.15. The maximum absolute atomic E-state index is 6.23. The lowest BCUT2D eigenvalue weighted by Gasteiger charge is -2.15. The molecular weight excluding hydrogens is 278 g/mol. The molecule has 0 amide bonds. The SMILES string of the molecule is NC1CCCc2nc(N3CCC(c4ccccc4)C3)sc21. The summed E-state index contributed by atoms with van der Waals surface area (Å²) in [7, 11) is 0. The number of rotatable bonds is 2. The molecule has 1 aromatic carbocycles. The van der Waals surface area contributed by atoms with Gasteiger partial charge in [0.25, 0.3) is 0 Å². The van der Waals surface area contributed by atoms with Crippen LogP contribution in [0.15, 0.2) is 30.3 Å². The molecule has 2 aromatic rings. The first-order valence-electron chi connectivity index (χ1n) is 7.86. The van der Waals surface area contributed by atoms with E-state index in [0.717, 1.165) is 25.9 Å². The summed E-state index contributed by atoms with van der Waals surface area (Å²) in [5.41, 5.74) is 8.95. The van der Waals surface area contributed by atoms with Gasteiger partial charge in [0, 0.05) is 29.9 Å². The van der Waals surface area contributed by atoms with Gasteiger partial charge in [0.2, 0.25) is 0 Å². The molecule has 21 heavy (non-hydrogen) atoms. The largest absolute Gasteiger partial charge is 0.347 e. The Hall–Kier alpha value is -1.39. The number of aromatic nitrogens is 1. The van der Waals surface area contributed by atoms with E-state index in [2.05, 4.69) is 35.2 Å². The van der Waals surface area contributed by atoms with Crippen molar-refractivity contribution in [2.24, 2.45) is 5.73 Å². The zero-order chi connectivity index (χ0) is 14.2. The van der Waals surface area contributed by atoms with Crippen LogP contribution in [0.1, 0.15) is 47.4 Å². The molecule has 2 heterocycles. The van der Waals surface area contributed by atoms with Crippen molar-refractivity contribution in [1.82, 2.24) is 4.98 Å². The maximum atomic E-state index is 6.23. The summed E-state index contributed by atoms with van der Waals surface area (Å²) < 4.78 is 0. The quantitative estimate of drug-likeness (QED) is 0.923. The molecule has 4 rings (SSSR count). The van der Waals surface area contributed by atoms with Crippen molar-refractivity contribution in [2.45, 2.75) is 37.6 Å². The van der Waals surface area contributed by atoms with Gasteiger partial charge in [0.1, 0.15) is 0 Å². The number of thiazole rings is 1. The van der Waals surface area contributed by atoms with Gasteiger partial charge >= 0.3 is 0 Å². The summed E-state index contributed by atoms with van der Waals surface area (Å²) in [5.74, 6) is 0.640. The van der Waals surface area contributed by atoms with Crippen molar-refractivity contribution in [1.29, 1.82) is 0 Å². The normalized spacial score (nSPS) is 25.1. The van der Waals surface area contributed by atoms with E-state index in [1.54, 1.807) is 0 Å². The molecule has 1 aliphatic heterocycles. The van der Waals surface area contributed by atoms with Gasteiger partial charge in [-0.05, 0) is 31.2 Å². The van der Waals surface area contributed by atoms with Gasteiger partial charge in [0.05, 0.1) is 5.69 Å². The van der Waals surface area contributed by atoms with Crippen LogP contribution in [0.5, 0.6) is 0 Å². The highest BCUT2D eigenvalue weighted by Gasteiger charge is 2.28. The van der Waals surface area contributed by atoms with E-state index in [-0.39, 0.29) is 6.04 Å². The maximum Gasteiger partial charge on any atom is 0.185 e. The molecule has 2 N–H and O–H groups in total. The molecule has 2 unspecified atom stereocenters. The van der Waals surface area contributed by atoms with Crippen LogP contribution in [0.2, 0.25) is 0 Å². The highest BCUT2D eigenvalue weighted by Crippen LogP contribution is 2.39. The van der Waals surface area contributed by atoms with Gasteiger partial charge in [0.15, 0.2) is 5.13 Å². The molecule has 1 saturated heterocycles. The Labute approximate surface area is 129 Å². The highest BCUT2D eigenvalue weighted by atomic mass is 32.1. The molecular formula is C17H21N3S. The van der Waals surface area contributed by atoms with Crippen LogP contribution in [0.3, 0.4) is 0 Å². The van der Waals surface area contributed by atoms with Gasteiger partial charge in [-0.3, -0.25) is 0 Å². The van der Waals surface area contributed by atoms with Gasteiger partial charge in [-0.2, -0.15) is 0 Å². The molecule has 2 aliphatic rings. The van der Waals surface area contributed by atoms with Crippen LogP contribution >= 0.6 is 11.3 Å². The van der Waals surface area contributed by atoms with Crippen molar-refractivity contribution >= 4 is 16.5 Å². The van der Waals surface area contributed by atoms with Crippen LogP contribution in [0, 0.1) is 0 Å². The summed E-state index contributed by atoms with van der Waals surface area (Å²) in [6.07, 6.45) is 4.63. The fourth-order valence-electron chi connectivity index (χ4n) is 3.51. The second-order valence-corrected chi connectivity index (χ2v) is 7.16. The minimum atomic E-state index is 0.215. The molecule has 1 aliphatic carbocycles. The van der Waals surface area contributed by atoms with E-state index in [9.17, 15) is 0 Å². The highest BCUT2D eigenvalue weighted by molar-refractivity contribution is 7.15. The van der Waals surface area contributed by atoms with Crippen molar-refractivity contribution in [3.63, 3.8) is 0 Å². The average molecular weight is 299 g/mol. The number of nitrogens with two attached hydrogens (primary N) is 1.